The highest BCUT2D eigenvalue weighted by Crippen LogP contribution is 1.91. The lowest BCUT2D eigenvalue weighted by molar-refractivity contribution is 0.304. The summed E-state index contributed by atoms with van der Waals surface area (Å²) in [5.74, 6) is 0.204. The van der Waals surface area contributed by atoms with Crippen molar-refractivity contribution in [1.82, 2.24) is 0 Å². The van der Waals surface area contributed by atoms with Crippen LogP contribution in [0.3, 0.4) is 0 Å². The molecule has 11 heavy (non-hydrogen) atoms. The van der Waals surface area contributed by atoms with Gasteiger partial charge in [0.1, 0.15) is 0 Å². The molecule has 2 heteroatoms. The fourth-order valence-electron chi connectivity index (χ4n) is 0.478. The topological polar surface area (TPSA) is 33.1 Å². The van der Waals surface area contributed by atoms with Gasteiger partial charge in [-0.2, -0.15) is 0 Å². The number of ether oxygens (including phenoxy) is 1. The van der Waals surface area contributed by atoms with Gasteiger partial charge in [-0.25, -0.2) is 0 Å². The summed E-state index contributed by atoms with van der Waals surface area (Å²) in [5, 5.41) is 7.24. The monoisotopic (exact) mass is 153 g/mol. The maximum atomic E-state index is 7.24. The first kappa shape index (κ1) is 9.95. The first-order valence-electron chi connectivity index (χ1n) is 3.71. The Bertz CT molecular complexity index is 170. The van der Waals surface area contributed by atoms with Crippen LogP contribution in [0, 0.1) is 5.41 Å². The van der Waals surface area contributed by atoms with Gasteiger partial charge in [0.25, 0.3) is 0 Å². The zero-order chi connectivity index (χ0) is 8.69. The molecule has 0 unspecified atom stereocenters. The fraction of sp³-hybridized carbons (Fsp3) is 0.444. The molecule has 0 amide bonds. The van der Waals surface area contributed by atoms with E-state index in [2.05, 4.69) is 6.58 Å². The molecule has 0 heterocycles. The summed E-state index contributed by atoms with van der Waals surface area (Å²) >= 11 is 0. The maximum absolute atomic E-state index is 7.24. The molecular formula is C9H15NO. The first-order valence-corrected chi connectivity index (χ1v) is 3.71. The summed E-state index contributed by atoms with van der Waals surface area (Å²) in [7, 11) is 0. The van der Waals surface area contributed by atoms with E-state index in [1.54, 1.807) is 12.2 Å². The van der Waals surface area contributed by atoms with Crippen molar-refractivity contribution in [2.24, 2.45) is 0 Å². The Morgan fingerprint density at radius 2 is 2.18 bits per heavy atom. The van der Waals surface area contributed by atoms with Crippen LogP contribution in [0.1, 0.15) is 20.3 Å². The van der Waals surface area contributed by atoms with Gasteiger partial charge < -0.3 is 4.74 Å². The van der Waals surface area contributed by atoms with Crippen molar-refractivity contribution < 1.29 is 4.74 Å². The molecule has 0 radical (unpaired) electrons. The lowest BCUT2D eigenvalue weighted by atomic mass is 10.3. The quantitative estimate of drug-likeness (QED) is 0.376. The van der Waals surface area contributed by atoms with Crippen molar-refractivity contribution in [3.63, 3.8) is 0 Å². The van der Waals surface area contributed by atoms with Crippen molar-refractivity contribution in [2.45, 2.75) is 20.3 Å². The largest absolute Gasteiger partial charge is 0.478 e. The highest BCUT2D eigenvalue weighted by molar-refractivity contribution is 5.85. The predicted molar refractivity (Wildman–Crippen MR) is 47.9 cm³/mol. The molecule has 0 spiro atoms. The summed E-state index contributed by atoms with van der Waals surface area (Å²) < 4.78 is 5.00. The molecule has 0 aromatic heterocycles. The first-order chi connectivity index (χ1) is 5.16. The normalized spacial score (nSPS) is 10.0. The van der Waals surface area contributed by atoms with Crippen LogP contribution >= 0.6 is 0 Å². The van der Waals surface area contributed by atoms with Crippen molar-refractivity contribution >= 4 is 5.90 Å². The second kappa shape index (κ2) is 5.71. The third-order valence-electron chi connectivity index (χ3n) is 0.981. The van der Waals surface area contributed by atoms with Gasteiger partial charge in [0.2, 0.25) is 5.90 Å². The van der Waals surface area contributed by atoms with E-state index >= 15 is 0 Å². The molecule has 0 fully saturated rings. The highest BCUT2D eigenvalue weighted by atomic mass is 16.5. The van der Waals surface area contributed by atoms with Gasteiger partial charge in [0, 0.05) is 0 Å². The molecule has 0 aliphatic heterocycles. The van der Waals surface area contributed by atoms with E-state index < -0.39 is 0 Å². The summed E-state index contributed by atoms with van der Waals surface area (Å²) in [6.07, 6.45) is 4.30. The Kier molecular flexibility index (Phi) is 5.17. The Morgan fingerprint density at radius 1 is 1.55 bits per heavy atom. The Balaban J connectivity index is 3.60. The minimum absolute atomic E-state index is 0.204. The molecule has 0 aliphatic rings. The molecule has 0 aromatic rings. The van der Waals surface area contributed by atoms with Crippen LogP contribution in [0.15, 0.2) is 24.3 Å². The Hall–Kier alpha value is -1.05. The fourth-order valence-corrected chi connectivity index (χ4v) is 0.478. The van der Waals surface area contributed by atoms with E-state index in [0.717, 1.165) is 12.0 Å². The van der Waals surface area contributed by atoms with E-state index in [9.17, 15) is 0 Å². The number of allylic oxidation sites excluding steroid dienone is 2. The smallest absolute Gasteiger partial charge is 0.205 e. The van der Waals surface area contributed by atoms with Crippen LogP contribution in [0.2, 0.25) is 0 Å². The standard InChI is InChI=1S/C9H15NO/c1-4-7-11-9(10)6-5-8(2)3/h5-6,10H,2,4,7H2,1,3H3/b6-5-,10-9?. The molecule has 0 aromatic carbocycles. The highest BCUT2D eigenvalue weighted by Gasteiger charge is 1.88. The molecule has 0 atom stereocenters. The molecule has 0 saturated heterocycles. The zero-order valence-corrected chi connectivity index (χ0v) is 7.18. The number of hydrogen-bond donors (Lipinski definition) is 1. The lowest BCUT2D eigenvalue weighted by Gasteiger charge is -1.99. The number of hydrogen-bond acceptors (Lipinski definition) is 2. The van der Waals surface area contributed by atoms with Gasteiger partial charge in [-0.1, -0.05) is 25.2 Å². The van der Waals surface area contributed by atoms with Gasteiger partial charge in [0.05, 0.1) is 6.61 Å². The van der Waals surface area contributed by atoms with Gasteiger partial charge in [-0.05, 0) is 19.4 Å². The minimum atomic E-state index is 0.204. The van der Waals surface area contributed by atoms with E-state index in [1.807, 2.05) is 13.8 Å². The van der Waals surface area contributed by atoms with E-state index in [-0.39, 0.29) is 5.90 Å². The van der Waals surface area contributed by atoms with Crippen LogP contribution in [0.4, 0.5) is 0 Å². The molecule has 1 N–H and O–H groups in total. The molecule has 0 aliphatic carbocycles. The van der Waals surface area contributed by atoms with Crippen LogP contribution in [0.25, 0.3) is 0 Å². The Morgan fingerprint density at radius 3 is 2.64 bits per heavy atom. The third kappa shape index (κ3) is 6.84. The molecule has 0 rings (SSSR count). The van der Waals surface area contributed by atoms with E-state index in [1.165, 1.54) is 0 Å². The average molecular weight is 153 g/mol. The van der Waals surface area contributed by atoms with Gasteiger partial charge in [0.15, 0.2) is 0 Å². The summed E-state index contributed by atoms with van der Waals surface area (Å²) in [4.78, 5) is 0. The molecule has 2 nitrogen and oxygen atoms in total. The number of rotatable bonds is 4. The van der Waals surface area contributed by atoms with Crippen LogP contribution < -0.4 is 0 Å². The third-order valence-corrected chi connectivity index (χ3v) is 0.981. The van der Waals surface area contributed by atoms with E-state index in [4.69, 9.17) is 10.1 Å². The SMILES string of the molecule is C=C(C)/C=C\C(=N)OCCC. The van der Waals surface area contributed by atoms with Gasteiger partial charge >= 0.3 is 0 Å². The number of nitrogens with one attached hydrogen (secondary N) is 1. The average Bonchev–Trinajstić information content (AvgIpc) is 1.97. The minimum Gasteiger partial charge on any atom is -0.478 e. The van der Waals surface area contributed by atoms with E-state index in [0.29, 0.717) is 6.61 Å². The second-order valence-electron chi connectivity index (χ2n) is 2.39. The Labute approximate surface area is 68.1 Å². The predicted octanol–water partition coefficient (Wildman–Crippen LogP) is 2.52. The van der Waals surface area contributed by atoms with Crippen LogP contribution in [-0.4, -0.2) is 12.5 Å². The molecule has 0 bridgehead atoms. The van der Waals surface area contributed by atoms with Crippen molar-refractivity contribution in [1.29, 1.82) is 5.41 Å². The lowest BCUT2D eigenvalue weighted by Crippen LogP contribution is -1.99. The maximum Gasteiger partial charge on any atom is 0.205 e. The van der Waals surface area contributed by atoms with Crippen molar-refractivity contribution in [3.8, 4) is 0 Å². The second-order valence-corrected chi connectivity index (χ2v) is 2.39. The zero-order valence-electron chi connectivity index (χ0n) is 7.18. The summed E-state index contributed by atoms with van der Waals surface area (Å²) in [5.41, 5.74) is 0.926. The molecule has 62 valence electrons. The molecule has 0 saturated carbocycles. The van der Waals surface area contributed by atoms with Gasteiger partial charge in [-0.15, -0.1) is 0 Å². The van der Waals surface area contributed by atoms with Crippen LogP contribution in [-0.2, 0) is 4.74 Å². The van der Waals surface area contributed by atoms with Crippen molar-refractivity contribution in [2.75, 3.05) is 6.61 Å². The summed E-state index contributed by atoms with van der Waals surface area (Å²) in [6, 6.07) is 0. The van der Waals surface area contributed by atoms with Crippen LogP contribution in [0.5, 0.6) is 0 Å². The van der Waals surface area contributed by atoms with Gasteiger partial charge in [-0.3, -0.25) is 5.41 Å². The van der Waals surface area contributed by atoms with Crippen molar-refractivity contribution in [3.05, 3.63) is 24.3 Å². The summed E-state index contributed by atoms with van der Waals surface area (Å²) in [6.45, 7) is 8.17. The molecular weight excluding hydrogens is 138 g/mol.